The first-order chi connectivity index (χ1) is 12.6. The number of thioether (sulfide) groups is 1. The van der Waals surface area contributed by atoms with Crippen LogP contribution < -0.4 is 10.1 Å². The van der Waals surface area contributed by atoms with Crippen molar-refractivity contribution in [3.05, 3.63) is 66.7 Å². The summed E-state index contributed by atoms with van der Waals surface area (Å²) in [5, 5.41) is 2.99. The molecule has 138 valence electrons. The van der Waals surface area contributed by atoms with Crippen molar-refractivity contribution in [1.29, 1.82) is 0 Å². The number of anilines is 1. The zero-order valence-corrected chi connectivity index (χ0v) is 16.2. The maximum atomic E-state index is 12.3. The van der Waals surface area contributed by atoms with E-state index in [1.165, 1.54) is 5.56 Å². The quantitative estimate of drug-likeness (QED) is 0.502. The zero-order chi connectivity index (χ0) is 18.8. The first kappa shape index (κ1) is 20.1. The number of amides is 1. The van der Waals surface area contributed by atoms with Crippen LogP contribution >= 0.6 is 11.8 Å². The summed E-state index contributed by atoms with van der Waals surface area (Å²) in [5.74, 6) is 1.63. The summed E-state index contributed by atoms with van der Waals surface area (Å²) >= 11 is 1.65. The molecule has 1 amide bonds. The maximum Gasteiger partial charge on any atom is 0.238 e. The van der Waals surface area contributed by atoms with E-state index in [1.807, 2.05) is 73.5 Å². The molecule has 0 bridgehead atoms. The molecule has 0 unspecified atom stereocenters. The van der Waals surface area contributed by atoms with Gasteiger partial charge in [0.1, 0.15) is 12.4 Å². The van der Waals surface area contributed by atoms with E-state index in [4.69, 9.17) is 4.74 Å². The Morgan fingerprint density at radius 1 is 1.27 bits per heavy atom. The second kappa shape index (κ2) is 10.7. The van der Waals surface area contributed by atoms with Gasteiger partial charge in [0.25, 0.3) is 0 Å². The normalized spacial score (nSPS) is 10.6. The van der Waals surface area contributed by atoms with Crippen molar-refractivity contribution in [2.24, 2.45) is 0 Å². The van der Waals surface area contributed by atoms with Gasteiger partial charge >= 0.3 is 0 Å². The van der Waals surface area contributed by atoms with Crippen molar-refractivity contribution in [2.45, 2.75) is 11.8 Å². The maximum absolute atomic E-state index is 12.3. The molecule has 0 saturated carbocycles. The molecule has 0 heterocycles. The molecule has 1 N–H and O–H groups in total. The molecular formula is C21H26N2O2S. The number of aryl methyl sites for hydroxylation is 1. The highest BCUT2D eigenvalue weighted by atomic mass is 32.2. The minimum atomic E-state index is -0.0327. The molecule has 0 radical (unpaired) electrons. The third-order valence-corrected chi connectivity index (χ3v) is 4.73. The van der Waals surface area contributed by atoms with Crippen molar-refractivity contribution >= 4 is 23.4 Å². The van der Waals surface area contributed by atoms with Gasteiger partial charge in [0.15, 0.2) is 0 Å². The highest BCUT2D eigenvalue weighted by Crippen LogP contribution is 2.26. The van der Waals surface area contributed by atoms with Gasteiger partial charge in [-0.1, -0.05) is 30.3 Å². The SMILES string of the molecule is C=CCSc1ccccc1NC(=O)CN(C)CCOc1cccc(C)c1. The molecule has 5 heteroatoms. The van der Waals surface area contributed by atoms with Crippen LogP contribution in [0.5, 0.6) is 5.75 Å². The Morgan fingerprint density at radius 2 is 2.08 bits per heavy atom. The molecule has 0 atom stereocenters. The summed E-state index contributed by atoms with van der Waals surface area (Å²) in [6.45, 7) is 7.30. The van der Waals surface area contributed by atoms with Crippen LogP contribution in [0.3, 0.4) is 0 Å². The molecule has 0 fully saturated rings. The number of rotatable bonds is 10. The molecule has 0 aliphatic heterocycles. The number of nitrogens with one attached hydrogen (secondary N) is 1. The van der Waals surface area contributed by atoms with Crippen LogP contribution in [0.15, 0.2) is 66.1 Å². The number of carbonyl (C=O) groups excluding carboxylic acids is 1. The van der Waals surface area contributed by atoms with Crippen molar-refractivity contribution in [2.75, 3.05) is 37.8 Å². The van der Waals surface area contributed by atoms with E-state index in [-0.39, 0.29) is 5.91 Å². The minimum Gasteiger partial charge on any atom is -0.492 e. The Balaban J connectivity index is 1.77. The fraction of sp³-hybridized carbons (Fsp3) is 0.286. The summed E-state index contributed by atoms with van der Waals surface area (Å²) in [7, 11) is 1.91. The van der Waals surface area contributed by atoms with Crippen LogP contribution in [0.1, 0.15) is 5.56 Å². The summed E-state index contributed by atoms with van der Waals surface area (Å²) in [5.41, 5.74) is 2.01. The number of hydrogen-bond acceptors (Lipinski definition) is 4. The largest absolute Gasteiger partial charge is 0.492 e. The lowest BCUT2D eigenvalue weighted by molar-refractivity contribution is -0.117. The van der Waals surface area contributed by atoms with Gasteiger partial charge in [-0.05, 0) is 43.8 Å². The Labute approximate surface area is 160 Å². The summed E-state index contributed by atoms with van der Waals surface area (Å²) < 4.78 is 5.73. The molecule has 2 aromatic rings. The Hall–Kier alpha value is -2.24. The number of ether oxygens (including phenoxy) is 1. The molecule has 0 spiro atoms. The molecule has 0 aromatic heterocycles. The predicted molar refractivity (Wildman–Crippen MR) is 110 cm³/mol. The number of benzene rings is 2. The van der Waals surface area contributed by atoms with Crippen LogP contribution in [0, 0.1) is 6.92 Å². The molecule has 2 aromatic carbocycles. The second-order valence-electron chi connectivity index (χ2n) is 6.05. The molecule has 0 saturated heterocycles. The molecule has 4 nitrogen and oxygen atoms in total. The number of nitrogens with zero attached hydrogens (tertiary/aromatic N) is 1. The number of carbonyl (C=O) groups is 1. The Bertz CT molecular complexity index is 733. The van der Waals surface area contributed by atoms with Gasteiger partial charge in [0.05, 0.1) is 12.2 Å². The number of likely N-dealkylation sites (N-methyl/N-ethyl adjacent to an activating group) is 1. The van der Waals surface area contributed by atoms with E-state index in [1.54, 1.807) is 11.8 Å². The van der Waals surface area contributed by atoms with E-state index >= 15 is 0 Å². The highest BCUT2D eigenvalue weighted by molar-refractivity contribution is 7.99. The van der Waals surface area contributed by atoms with Crippen LogP contribution in [0.4, 0.5) is 5.69 Å². The van der Waals surface area contributed by atoms with Gasteiger partial charge in [-0.3, -0.25) is 9.69 Å². The lowest BCUT2D eigenvalue weighted by Gasteiger charge is -2.17. The fourth-order valence-electron chi connectivity index (χ4n) is 2.38. The smallest absolute Gasteiger partial charge is 0.238 e. The van der Waals surface area contributed by atoms with Gasteiger partial charge in [0, 0.05) is 17.2 Å². The molecule has 26 heavy (non-hydrogen) atoms. The zero-order valence-electron chi connectivity index (χ0n) is 15.4. The van der Waals surface area contributed by atoms with Gasteiger partial charge in [-0.2, -0.15) is 0 Å². The van der Waals surface area contributed by atoms with Crippen LogP contribution in [-0.4, -0.2) is 43.3 Å². The summed E-state index contributed by atoms with van der Waals surface area (Å²) in [6, 6.07) is 15.8. The average Bonchev–Trinajstić information content (AvgIpc) is 2.61. The fourth-order valence-corrected chi connectivity index (χ4v) is 3.13. The third kappa shape index (κ3) is 6.94. The molecule has 0 aliphatic carbocycles. The van der Waals surface area contributed by atoms with E-state index in [9.17, 15) is 4.79 Å². The Morgan fingerprint density at radius 3 is 2.85 bits per heavy atom. The third-order valence-electron chi connectivity index (χ3n) is 3.66. The van der Waals surface area contributed by atoms with E-state index < -0.39 is 0 Å². The van der Waals surface area contributed by atoms with Crippen molar-refractivity contribution in [3.63, 3.8) is 0 Å². The summed E-state index contributed by atoms with van der Waals surface area (Å²) in [6.07, 6.45) is 1.85. The predicted octanol–water partition coefficient (Wildman–Crippen LogP) is 4.22. The van der Waals surface area contributed by atoms with Gasteiger partial charge in [-0.15, -0.1) is 18.3 Å². The number of para-hydroxylation sites is 1. The van der Waals surface area contributed by atoms with E-state index in [0.717, 1.165) is 22.1 Å². The lowest BCUT2D eigenvalue weighted by atomic mass is 10.2. The lowest BCUT2D eigenvalue weighted by Crippen LogP contribution is -2.33. The van der Waals surface area contributed by atoms with E-state index in [2.05, 4.69) is 11.9 Å². The standard InChI is InChI=1S/C21H26N2O2S/c1-4-14-26-20-11-6-5-10-19(20)22-21(24)16-23(3)12-13-25-18-9-7-8-17(2)15-18/h4-11,15H,1,12-14,16H2,2-3H3,(H,22,24). The van der Waals surface area contributed by atoms with Crippen molar-refractivity contribution < 1.29 is 9.53 Å². The average molecular weight is 371 g/mol. The van der Waals surface area contributed by atoms with Crippen molar-refractivity contribution in [1.82, 2.24) is 4.90 Å². The van der Waals surface area contributed by atoms with Crippen LogP contribution in [0.25, 0.3) is 0 Å². The van der Waals surface area contributed by atoms with Crippen LogP contribution in [0.2, 0.25) is 0 Å². The summed E-state index contributed by atoms with van der Waals surface area (Å²) in [4.78, 5) is 15.3. The molecule has 2 rings (SSSR count). The Kier molecular flexibility index (Phi) is 8.25. The first-order valence-corrected chi connectivity index (χ1v) is 9.57. The molecule has 0 aliphatic rings. The van der Waals surface area contributed by atoms with E-state index in [0.29, 0.717) is 19.7 Å². The van der Waals surface area contributed by atoms with Crippen LogP contribution in [-0.2, 0) is 4.79 Å². The second-order valence-corrected chi connectivity index (χ2v) is 7.11. The number of hydrogen-bond donors (Lipinski definition) is 1. The minimum absolute atomic E-state index is 0.0327. The van der Waals surface area contributed by atoms with Gasteiger partial charge in [0.2, 0.25) is 5.91 Å². The topological polar surface area (TPSA) is 41.6 Å². The highest BCUT2D eigenvalue weighted by Gasteiger charge is 2.09. The molecular weight excluding hydrogens is 344 g/mol. The first-order valence-electron chi connectivity index (χ1n) is 8.59. The van der Waals surface area contributed by atoms with Crippen molar-refractivity contribution in [3.8, 4) is 5.75 Å². The van der Waals surface area contributed by atoms with Gasteiger partial charge in [-0.25, -0.2) is 0 Å². The monoisotopic (exact) mass is 370 g/mol. The van der Waals surface area contributed by atoms with Gasteiger partial charge < -0.3 is 10.1 Å².